The van der Waals surface area contributed by atoms with Gasteiger partial charge in [0.2, 0.25) is 0 Å². The standard InChI is InChI=1S/C12H13BrN2O2.C7H7N3.C4H7BrO3.3CH4/c1-8-4-9(6-15-11(8)14-3)5-10(16)12(2,17)7-13;1-5-3-6(8)4-10-7(5)9-2;1-4(8,2-5)3(6)7;;;/h4,6,17H,5,7H2,1-2H3;3-4H,8H2,1H3;8H,2H2,1H3,(H,6,7);3*1H4/t12-;;4-;;;/m0.0.../s1. The zero-order valence-corrected chi connectivity index (χ0v) is 22.9. The highest BCUT2D eigenvalue weighted by Crippen LogP contribution is 2.18. The molecule has 2 atom stereocenters. The lowest BCUT2D eigenvalue weighted by Crippen LogP contribution is -2.38. The van der Waals surface area contributed by atoms with Crippen LogP contribution in [0, 0.1) is 27.0 Å². The second-order valence-electron chi connectivity index (χ2n) is 7.84. The van der Waals surface area contributed by atoms with Crippen molar-refractivity contribution in [2.75, 3.05) is 16.4 Å². The first-order valence-electron chi connectivity index (χ1n) is 9.91. The Kier molecular flexibility index (Phi) is 21.3. The molecule has 2 rings (SSSR count). The number of Topliss-reactive ketones (excluding diaryl/α,β-unsaturated/α-hetero) is 1. The van der Waals surface area contributed by atoms with Gasteiger partial charge in [0.15, 0.2) is 11.4 Å². The fourth-order valence-corrected chi connectivity index (χ4v) is 2.61. The summed E-state index contributed by atoms with van der Waals surface area (Å²) in [5.74, 6) is -0.719. The van der Waals surface area contributed by atoms with Crippen LogP contribution in [0.4, 0.5) is 17.3 Å². The van der Waals surface area contributed by atoms with Crippen LogP contribution in [-0.2, 0) is 16.0 Å². The predicted molar refractivity (Wildman–Crippen MR) is 160 cm³/mol. The number of anilines is 1. The molecule has 0 bridgehead atoms. The maximum Gasteiger partial charge on any atom is 0.336 e. The molecule has 12 heteroatoms. The molecule has 212 valence electrons. The second-order valence-corrected chi connectivity index (χ2v) is 8.96. The van der Waals surface area contributed by atoms with E-state index < -0.39 is 17.2 Å². The van der Waals surface area contributed by atoms with Crippen LogP contribution in [0.1, 0.15) is 52.8 Å². The fraction of sp³-hybridized carbons (Fsp3) is 0.462. The Labute approximate surface area is 243 Å². The number of ketones is 1. The Hall–Kier alpha value is -2.90. The van der Waals surface area contributed by atoms with Gasteiger partial charge in [0.1, 0.15) is 18.0 Å². The first-order valence-corrected chi connectivity index (χ1v) is 12.1. The zero-order chi connectivity index (χ0) is 27.4. The lowest BCUT2D eigenvalue weighted by molar-refractivity contribution is -0.154. The maximum absolute atomic E-state index is 11.8. The highest BCUT2D eigenvalue weighted by atomic mass is 79.9. The van der Waals surface area contributed by atoms with Gasteiger partial charge in [-0.2, -0.15) is 0 Å². The van der Waals surface area contributed by atoms with Crippen molar-refractivity contribution in [2.24, 2.45) is 0 Å². The summed E-state index contributed by atoms with van der Waals surface area (Å²) in [6, 6.07) is 3.49. The molecule has 0 saturated carbocycles. The van der Waals surface area contributed by atoms with Crippen molar-refractivity contribution < 1.29 is 24.9 Å². The highest BCUT2D eigenvalue weighted by molar-refractivity contribution is 9.09. The molecule has 0 unspecified atom stereocenters. The Bertz CT molecular complexity index is 1130. The van der Waals surface area contributed by atoms with Crippen molar-refractivity contribution in [3.05, 3.63) is 64.1 Å². The molecule has 0 fully saturated rings. The Balaban J connectivity index is -0.000000238. The van der Waals surface area contributed by atoms with Crippen LogP contribution >= 0.6 is 31.9 Å². The van der Waals surface area contributed by atoms with Gasteiger partial charge in [-0.05, 0) is 44.9 Å². The fourth-order valence-electron chi connectivity index (χ4n) is 2.05. The number of hydrogen-bond acceptors (Lipinski definition) is 7. The van der Waals surface area contributed by atoms with Crippen LogP contribution in [0.5, 0.6) is 0 Å². The number of carbonyl (C=O) groups is 2. The average Bonchev–Trinajstić information content (AvgIpc) is 2.80. The van der Waals surface area contributed by atoms with Gasteiger partial charge in [-0.25, -0.2) is 4.79 Å². The van der Waals surface area contributed by atoms with Crippen molar-refractivity contribution in [1.29, 1.82) is 0 Å². The van der Waals surface area contributed by atoms with Crippen LogP contribution in [-0.4, -0.2) is 58.9 Å². The van der Waals surface area contributed by atoms with Crippen molar-refractivity contribution >= 4 is 60.9 Å². The zero-order valence-electron chi connectivity index (χ0n) is 19.7. The number of carboxylic acids is 1. The molecule has 5 N–H and O–H groups in total. The van der Waals surface area contributed by atoms with Gasteiger partial charge in [-0.15, -0.1) is 9.97 Å². The summed E-state index contributed by atoms with van der Waals surface area (Å²) >= 11 is 5.94. The minimum atomic E-state index is -1.62. The molecule has 2 aromatic heterocycles. The van der Waals surface area contributed by atoms with E-state index in [1.165, 1.54) is 26.2 Å². The quantitative estimate of drug-likeness (QED) is 0.222. The van der Waals surface area contributed by atoms with E-state index in [-0.39, 0.29) is 45.1 Å². The monoisotopic (exact) mass is 659 g/mol. The molecule has 0 spiro atoms. The van der Waals surface area contributed by atoms with Crippen LogP contribution in [0.15, 0.2) is 24.5 Å². The van der Waals surface area contributed by atoms with Gasteiger partial charge in [-0.1, -0.05) is 73.4 Å². The molecule has 0 aliphatic carbocycles. The summed E-state index contributed by atoms with van der Waals surface area (Å²) in [7, 11) is 0. The molecule has 0 saturated heterocycles. The van der Waals surface area contributed by atoms with E-state index in [0.717, 1.165) is 11.1 Å². The first kappa shape index (κ1) is 42.2. The van der Waals surface area contributed by atoms with E-state index in [2.05, 4.69) is 51.5 Å². The van der Waals surface area contributed by atoms with E-state index in [1.807, 2.05) is 6.92 Å². The molecule has 0 aromatic carbocycles. The number of hydrogen-bond donors (Lipinski definition) is 4. The lowest BCUT2D eigenvalue weighted by Gasteiger charge is -2.18. The van der Waals surface area contributed by atoms with Crippen molar-refractivity contribution in [1.82, 2.24) is 9.97 Å². The molecule has 0 radical (unpaired) electrons. The normalized spacial score (nSPS) is 12.2. The topological polar surface area (TPSA) is 155 Å². The predicted octanol–water partition coefficient (Wildman–Crippen LogP) is 5.85. The molecule has 0 amide bonds. The van der Waals surface area contributed by atoms with Gasteiger partial charge < -0.3 is 30.7 Å². The van der Waals surface area contributed by atoms with Crippen LogP contribution in [0.2, 0.25) is 0 Å². The summed E-state index contributed by atoms with van der Waals surface area (Å²) in [4.78, 5) is 36.0. The van der Waals surface area contributed by atoms with Gasteiger partial charge in [-0.3, -0.25) is 4.79 Å². The number of nitrogens with zero attached hydrogens (tertiary/aromatic N) is 4. The minimum absolute atomic E-state index is 0. The van der Waals surface area contributed by atoms with Gasteiger partial charge in [0.25, 0.3) is 11.6 Å². The summed E-state index contributed by atoms with van der Waals surface area (Å²) in [6.45, 7) is 19.8. The number of nitrogen functional groups attached to an aromatic ring is 1. The molecular weight excluding hydrogens is 622 g/mol. The third-order valence-electron chi connectivity index (χ3n) is 4.34. The van der Waals surface area contributed by atoms with E-state index >= 15 is 0 Å². The van der Waals surface area contributed by atoms with Crippen molar-refractivity contribution in [2.45, 2.75) is 67.6 Å². The molecule has 0 aliphatic heterocycles. The number of aliphatic carboxylic acids is 1. The number of aliphatic hydroxyl groups is 2. The van der Waals surface area contributed by atoms with Crippen molar-refractivity contribution in [3.8, 4) is 0 Å². The molecular formula is C26H39Br2N5O5. The number of alkyl halides is 2. The van der Waals surface area contributed by atoms with E-state index in [0.29, 0.717) is 22.9 Å². The molecule has 2 heterocycles. The number of rotatable bonds is 6. The molecule has 38 heavy (non-hydrogen) atoms. The summed E-state index contributed by atoms with van der Waals surface area (Å²) < 4.78 is 0. The molecule has 2 aromatic rings. The van der Waals surface area contributed by atoms with Gasteiger partial charge >= 0.3 is 5.97 Å². The number of aryl methyl sites for hydroxylation is 2. The number of nitrogens with two attached hydrogens (primary N) is 1. The Morgan fingerprint density at radius 3 is 1.66 bits per heavy atom. The van der Waals surface area contributed by atoms with Crippen LogP contribution in [0.3, 0.4) is 0 Å². The number of pyridine rings is 2. The lowest BCUT2D eigenvalue weighted by atomic mass is 9.97. The first-order chi connectivity index (χ1) is 16.1. The number of carbonyl (C=O) groups excluding carboxylic acids is 1. The Morgan fingerprint density at radius 1 is 0.921 bits per heavy atom. The minimum Gasteiger partial charge on any atom is -0.479 e. The Morgan fingerprint density at radius 2 is 1.34 bits per heavy atom. The van der Waals surface area contributed by atoms with E-state index in [9.17, 15) is 14.7 Å². The SMILES string of the molecule is C.C.C.C[C@](O)(CBr)C(=O)O.[C-]#[N+]c1ncc(CC(=O)[C@@](C)(O)CBr)cc1C.[C-]#[N+]c1ncc(N)cc1C. The second kappa shape index (κ2) is 19.2. The van der Waals surface area contributed by atoms with E-state index in [1.54, 1.807) is 19.1 Å². The number of aromatic nitrogens is 2. The smallest absolute Gasteiger partial charge is 0.336 e. The molecule has 10 nitrogen and oxygen atoms in total. The maximum atomic E-state index is 11.8. The average molecular weight is 661 g/mol. The van der Waals surface area contributed by atoms with Crippen LogP contribution < -0.4 is 5.73 Å². The largest absolute Gasteiger partial charge is 0.479 e. The number of halogens is 2. The van der Waals surface area contributed by atoms with Crippen molar-refractivity contribution in [3.63, 3.8) is 0 Å². The highest BCUT2D eigenvalue weighted by Gasteiger charge is 2.29. The number of carboxylic acid groups (broad SMARTS) is 1. The summed E-state index contributed by atoms with van der Waals surface area (Å²) in [6.07, 6.45) is 3.10. The van der Waals surface area contributed by atoms with E-state index in [4.69, 9.17) is 29.1 Å². The summed E-state index contributed by atoms with van der Waals surface area (Å²) in [5.41, 5.74) is 5.30. The third-order valence-corrected chi connectivity index (χ3v) is 6.52. The van der Waals surface area contributed by atoms with Gasteiger partial charge in [0, 0.05) is 22.6 Å². The third kappa shape index (κ3) is 14.1. The van der Waals surface area contributed by atoms with Gasteiger partial charge in [0.05, 0.1) is 5.69 Å². The molecule has 0 aliphatic rings. The summed E-state index contributed by atoms with van der Waals surface area (Å²) in [5, 5.41) is 26.9. The van der Waals surface area contributed by atoms with Crippen LogP contribution in [0.25, 0.3) is 9.69 Å².